The molecule has 0 radical (unpaired) electrons. The molecule has 2 atom stereocenters. The summed E-state index contributed by atoms with van der Waals surface area (Å²) in [5.41, 5.74) is 0.596. The summed E-state index contributed by atoms with van der Waals surface area (Å²) in [5, 5.41) is 9.10. The van der Waals surface area contributed by atoms with E-state index in [1.165, 1.54) is 0 Å². The molecule has 0 aromatic heterocycles. The van der Waals surface area contributed by atoms with Crippen molar-refractivity contribution in [2.24, 2.45) is 11.8 Å². The minimum atomic E-state index is -0.921. The Balaban J connectivity index is 0.00000162. The number of carboxylic acid groups (broad SMARTS) is 1. The summed E-state index contributed by atoms with van der Waals surface area (Å²) in [6, 6.07) is 8.90. The van der Waals surface area contributed by atoms with Gasteiger partial charge in [0.05, 0.1) is 5.92 Å². The monoisotopic (exact) mass is 260 g/mol. The normalized spacial score (nSPS) is 22.0. The highest BCUT2D eigenvalue weighted by atomic mass is 27.0. The molecule has 0 fully saturated rings. The third-order valence-corrected chi connectivity index (χ3v) is 3.10. The molecule has 1 aromatic carbocycles. The molecule has 0 aliphatic heterocycles. The van der Waals surface area contributed by atoms with Crippen LogP contribution in [0.4, 0.5) is 0 Å². The fourth-order valence-electron chi connectivity index (χ4n) is 2.20. The maximum Gasteiger partial charge on any atom is 0.311 e. The molecule has 2 rings (SSSR count). The standard InChI is InChI=1S/C14H14O3.Al.3H/c15-13(10-6-2-1-3-7-10)11-8-4-5-9-12(11)14(16)17;;;;/h1-3,5-7,9,11-12H,4,8H2,(H,16,17);;;;. The molecule has 1 aromatic rings. The number of carbonyl (C=O) groups is 2. The number of aliphatic carboxylic acids is 1. The maximum absolute atomic E-state index is 12.2. The number of Topliss-reactive ketones (excluding diaryl/α,β-unsaturated/α-hetero) is 1. The number of carboxylic acids is 1. The molecule has 18 heavy (non-hydrogen) atoms. The molecule has 0 saturated heterocycles. The number of hydrogen-bond donors (Lipinski definition) is 1. The van der Waals surface area contributed by atoms with Gasteiger partial charge in [-0.25, -0.2) is 0 Å². The zero-order valence-corrected chi connectivity index (χ0v) is 9.37. The molecule has 0 bridgehead atoms. The lowest BCUT2D eigenvalue weighted by Crippen LogP contribution is -2.30. The van der Waals surface area contributed by atoms with E-state index in [2.05, 4.69) is 0 Å². The van der Waals surface area contributed by atoms with Crippen LogP contribution in [0.5, 0.6) is 0 Å². The maximum atomic E-state index is 12.2. The van der Waals surface area contributed by atoms with Gasteiger partial charge in [0, 0.05) is 11.5 Å². The second-order valence-corrected chi connectivity index (χ2v) is 4.21. The summed E-state index contributed by atoms with van der Waals surface area (Å²) in [6.07, 6.45) is 4.86. The number of allylic oxidation sites excluding steroid dienone is 1. The number of ketones is 1. The number of hydrogen-bond acceptors (Lipinski definition) is 2. The highest BCUT2D eigenvalue weighted by Gasteiger charge is 2.33. The van der Waals surface area contributed by atoms with E-state index in [1.807, 2.05) is 12.1 Å². The Morgan fingerprint density at radius 1 is 1.17 bits per heavy atom. The van der Waals surface area contributed by atoms with Crippen LogP contribution in [0, 0.1) is 11.8 Å². The van der Waals surface area contributed by atoms with Crippen LogP contribution in [0.1, 0.15) is 23.2 Å². The molecule has 3 nitrogen and oxygen atoms in total. The fraction of sp³-hybridized carbons (Fsp3) is 0.286. The third-order valence-electron chi connectivity index (χ3n) is 3.10. The zero-order chi connectivity index (χ0) is 12.3. The fourth-order valence-corrected chi connectivity index (χ4v) is 2.20. The SMILES string of the molecule is O=C(O)C1C=CCCC1C(=O)c1ccccc1.[AlH3]. The van der Waals surface area contributed by atoms with E-state index in [0.717, 1.165) is 6.42 Å². The van der Waals surface area contributed by atoms with Crippen LogP contribution in [0.3, 0.4) is 0 Å². The van der Waals surface area contributed by atoms with Gasteiger partial charge in [-0.2, -0.15) is 0 Å². The van der Waals surface area contributed by atoms with Gasteiger partial charge in [0.2, 0.25) is 0 Å². The van der Waals surface area contributed by atoms with Crippen LogP contribution in [0.2, 0.25) is 0 Å². The van der Waals surface area contributed by atoms with Crippen molar-refractivity contribution < 1.29 is 14.7 Å². The highest BCUT2D eigenvalue weighted by molar-refractivity contribution is 6.00. The van der Waals surface area contributed by atoms with Crippen LogP contribution < -0.4 is 0 Å². The molecule has 0 amide bonds. The van der Waals surface area contributed by atoms with E-state index in [0.29, 0.717) is 12.0 Å². The van der Waals surface area contributed by atoms with Gasteiger partial charge in [-0.1, -0.05) is 42.5 Å². The predicted molar refractivity (Wildman–Crippen MR) is 73.7 cm³/mol. The highest BCUT2D eigenvalue weighted by Crippen LogP contribution is 2.28. The van der Waals surface area contributed by atoms with Gasteiger partial charge in [0.1, 0.15) is 0 Å². The minimum absolute atomic E-state index is 0. The van der Waals surface area contributed by atoms with Crippen molar-refractivity contribution in [2.45, 2.75) is 12.8 Å². The molecule has 0 saturated carbocycles. The van der Waals surface area contributed by atoms with Crippen molar-refractivity contribution in [2.75, 3.05) is 0 Å². The summed E-state index contributed by atoms with van der Waals surface area (Å²) in [6.45, 7) is 0. The topological polar surface area (TPSA) is 54.4 Å². The molecular formula is C14H17AlO3. The molecule has 0 spiro atoms. The lowest BCUT2D eigenvalue weighted by molar-refractivity contribution is -0.141. The Kier molecular flexibility index (Phi) is 5.33. The molecule has 1 aliphatic rings. The first-order valence-electron chi connectivity index (χ1n) is 5.69. The molecule has 94 valence electrons. The van der Waals surface area contributed by atoms with Crippen LogP contribution in [-0.4, -0.2) is 34.2 Å². The van der Waals surface area contributed by atoms with Crippen molar-refractivity contribution in [3.05, 3.63) is 48.0 Å². The van der Waals surface area contributed by atoms with Gasteiger partial charge in [-0.05, 0) is 12.8 Å². The minimum Gasteiger partial charge on any atom is -0.481 e. The van der Waals surface area contributed by atoms with Gasteiger partial charge in [0.15, 0.2) is 23.1 Å². The molecule has 1 N–H and O–H groups in total. The smallest absolute Gasteiger partial charge is 0.311 e. The average molecular weight is 260 g/mol. The Morgan fingerprint density at radius 3 is 2.44 bits per heavy atom. The number of benzene rings is 1. The van der Waals surface area contributed by atoms with Crippen molar-refractivity contribution in [1.82, 2.24) is 0 Å². The largest absolute Gasteiger partial charge is 0.481 e. The average Bonchev–Trinajstić information content (AvgIpc) is 2.39. The Labute approximate surface area is 117 Å². The summed E-state index contributed by atoms with van der Waals surface area (Å²) in [5.74, 6) is -2.10. The Morgan fingerprint density at radius 2 is 1.83 bits per heavy atom. The van der Waals surface area contributed by atoms with Crippen LogP contribution >= 0.6 is 0 Å². The van der Waals surface area contributed by atoms with E-state index in [1.54, 1.807) is 30.3 Å². The van der Waals surface area contributed by atoms with Gasteiger partial charge < -0.3 is 5.11 Å². The van der Waals surface area contributed by atoms with E-state index in [9.17, 15) is 9.59 Å². The first-order valence-corrected chi connectivity index (χ1v) is 5.69. The first kappa shape index (κ1) is 14.7. The molecular weight excluding hydrogens is 243 g/mol. The summed E-state index contributed by atoms with van der Waals surface area (Å²) in [4.78, 5) is 23.3. The molecule has 4 heteroatoms. The van der Waals surface area contributed by atoms with Crippen LogP contribution in [0.15, 0.2) is 42.5 Å². The quantitative estimate of drug-likeness (QED) is 0.507. The first-order chi connectivity index (χ1) is 8.20. The molecule has 2 unspecified atom stereocenters. The lowest BCUT2D eigenvalue weighted by atomic mass is 9.79. The summed E-state index contributed by atoms with van der Waals surface area (Å²) in [7, 11) is 0. The zero-order valence-electron chi connectivity index (χ0n) is 9.37. The van der Waals surface area contributed by atoms with Crippen molar-refractivity contribution in [3.8, 4) is 0 Å². The van der Waals surface area contributed by atoms with Gasteiger partial charge >= 0.3 is 5.97 Å². The van der Waals surface area contributed by atoms with Gasteiger partial charge in [0.25, 0.3) is 0 Å². The van der Waals surface area contributed by atoms with E-state index in [-0.39, 0.29) is 23.1 Å². The van der Waals surface area contributed by atoms with Crippen molar-refractivity contribution >= 4 is 29.1 Å². The number of carbonyl (C=O) groups excluding carboxylic acids is 1. The Bertz CT molecular complexity index is 453. The van der Waals surface area contributed by atoms with Gasteiger partial charge in [-0.15, -0.1) is 0 Å². The summed E-state index contributed by atoms with van der Waals surface area (Å²) >= 11 is 0. The van der Waals surface area contributed by atoms with Crippen molar-refractivity contribution in [3.63, 3.8) is 0 Å². The Hall–Kier alpha value is -1.37. The number of rotatable bonds is 3. The predicted octanol–water partition coefficient (Wildman–Crippen LogP) is 1.35. The second-order valence-electron chi connectivity index (χ2n) is 4.21. The molecule has 1 aliphatic carbocycles. The van der Waals surface area contributed by atoms with Gasteiger partial charge in [-0.3, -0.25) is 9.59 Å². The van der Waals surface area contributed by atoms with Crippen LogP contribution in [0.25, 0.3) is 0 Å². The van der Waals surface area contributed by atoms with E-state index >= 15 is 0 Å². The van der Waals surface area contributed by atoms with E-state index in [4.69, 9.17) is 5.11 Å². The van der Waals surface area contributed by atoms with Crippen molar-refractivity contribution in [1.29, 1.82) is 0 Å². The molecule has 0 heterocycles. The summed E-state index contributed by atoms with van der Waals surface area (Å²) < 4.78 is 0. The van der Waals surface area contributed by atoms with E-state index < -0.39 is 17.8 Å². The van der Waals surface area contributed by atoms with Crippen LogP contribution in [-0.2, 0) is 4.79 Å². The third kappa shape index (κ3) is 3.10. The lowest BCUT2D eigenvalue weighted by Gasteiger charge is -2.23. The second kappa shape index (κ2) is 6.53.